The van der Waals surface area contributed by atoms with Gasteiger partial charge in [0, 0.05) is 24.1 Å². The Balaban J connectivity index is 1.83. The van der Waals surface area contributed by atoms with Crippen molar-refractivity contribution in [3.63, 3.8) is 0 Å². The second kappa shape index (κ2) is 8.11. The molecule has 2 rings (SSSR count). The van der Waals surface area contributed by atoms with E-state index in [1.807, 2.05) is 26.0 Å². The minimum absolute atomic E-state index is 0.0137. The smallest absolute Gasteiger partial charge is 0.251 e. The van der Waals surface area contributed by atoms with E-state index in [1.165, 1.54) is 0 Å². The van der Waals surface area contributed by atoms with Crippen LogP contribution in [0, 0.1) is 19.8 Å². The second-order valence-electron chi connectivity index (χ2n) is 6.38. The van der Waals surface area contributed by atoms with Gasteiger partial charge in [0.2, 0.25) is 5.91 Å². The van der Waals surface area contributed by atoms with Crippen LogP contribution in [-0.4, -0.2) is 36.1 Å². The van der Waals surface area contributed by atoms with Crippen LogP contribution in [0.2, 0.25) is 0 Å². The predicted octanol–water partition coefficient (Wildman–Crippen LogP) is 1.70. The van der Waals surface area contributed by atoms with Gasteiger partial charge in [-0.15, -0.1) is 0 Å². The summed E-state index contributed by atoms with van der Waals surface area (Å²) in [7, 11) is 0. The summed E-state index contributed by atoms with van der Waals surface area (Å²) in [5, 5.41) is 15.0. The highest BCUT2D eigenvalue weighted by atomic mass is 16.3. The van der Waals surface area contributed by atoms with Crippen molar-refractivity contribution >= 4 is 11.8 Å². The summed E-state index contributed by atoms with van der Waals surface area (Å²) >= 11 is 0. The SMILES string of the molecule is Cc1ccc(C(=O)NCC(=O)N[C@H]2CCCC[C@H]2CO)cc1C. The van der Waals surface area contributed by atoms with Crippen LogP contribution in [0.5, 0.6) is 0 Å². The number of aryl methyl sites for hydroxylation is 2. The fourth-order valence-electron chi connectivity index (χ4n) is 3.02. The van der Waals surface area contributed by atoms with E-state index in [-0.39, 0.29) is 36.9 Å². The minimum Gasteiger partial charge on any atom is -0.396 e. The van der Waals surface area contributed by atoms with E-state index in [1.54, 1.807) is 6.07 Å². The van der Waals surface area contributed by atoms with Gasteiger partial charge >= 0.3 is 0 Å². The maximum atomic E-state index is 12.1. The van der Waals surface area contributed by atoms with Crippen LogP contribution in [-0.2, 0) is 4.79 Å². The molecule has 0 bridgehead atoms. The molecule has 1 aromatic rings. The predicted molar refractivity (Wildman–Crippen MR) is 89.2 cm³/mol. The van der Waals surface area contributed by atoms with Crippen LogP contribution < -0.4 is 10.6 Å². The number of aliphatic hydroxyl groups is 1. The number of hydrogen-bond acceptors (Lipinski definition) is 3. The fraction of sp³-hybridized carbons (Fsp3) is 0.556. The highest BCUT2D eigenvalue weighted by Gasteiger charge is 2.25. The average molecular weight is 318 g/mol. The zero-order chi connectivity index (χ0) is 16.8. The van der Waals surface area contributed by atoms with Crippen molar-refractivity contribution < 1.29 is 14.7 Å². The van der Waals surface area contributed by atoms with Gasteiger partial charge in [-0.05, 0) is 49.9 Å². The lowest BCUT2D eigenvalue weighted by Gasteiger charge is -2.30. The van der Waals surface area contributed by atoms with Gasteiger partial charge in [-0.25, -0.2) is 0 Å². The molecule has 1 aliphatic carbocycles. The van der Waals surface area contributed by atoms with Gasteiger partial charge in [-0.1, -0.05) is 18.9 Å². The quantitative estimate of drug-likeness (QED) is 0.773. The average Bonchev–Trinajstić information content (AvgIpc) is 2.55. The van der Waals surface area contributed by atoms with Gasteiger partial charge in [0.05, 0.1) is 6.54 Å². The first kappa shape index (κ1) is 17.5. The molecule has 1 aliphatic rings. The minimum atomic E-state index is -0.245. The lowest BCUT2D eigenvalue weighted by molar-refractivity contribution is -0.121. The highest BCUT2D eigenvalue weighted by molar-refractivity contribution is 5.96. The molecule has 1 saturated carbocycles. The molecular formula is C18H26N2O3. The van der Waals surface area contributed by atoms with Crippen LogP contribution in [0.4, 0.5) is 0 Å². The summed E-state index contributed by atoms with van der Waals surface area (Å²) in [6.45, 7) is 4.00. The fourth-order valence-corrected chi connectivity index (χ4v) is 3.02. The van der Waals surface area contributed by atoms with E-state index in [0.29, 0.717) is 5.56 Å². The summed E-state index contributed by atoms with van der Waals surface area (Å²) in [5.74, 6) is -0.318. The molecule has 3 N–H and O–H groups in total. The van der Waals surface area contributed by atoms with Crippen molar-refractivity contribution in [1.82, 2.24) is 10.6 Å². The van der Waals surface area contributed by atoms with Gasteiger partial charge in [-0.2, -0.15) is 0 Å². The van der Waals surface area contributed by atoms with Gasteiger partial charge in [-0.3, -0.25) is 9.59 Å². The Hall–Kier alpha value is -1.88. The molecule has 126 valence electrons. The number of nitrogens with one attached hydrogen (secondary N) is 2. The Kier molecular flexibility index (Phi) is 6.16. The Morgan fingerprint density at radius 1 is 1.17 bits per heavy atom. The van der Waals surface area contributed by atoms with Crippen molar-refractivity contribution in [2.24, 2.45) is 5.92 Å². The van der Waals surface area contributed by atoms with E-state index in [9.17, 15) is 14.7 Å². The molecule has 0 heterocycles. The molecule has 1 aromatic carbocycles. The Morgan fingerprint density at radius 2 is 1.91 bits per heavy atom. The molecule has 0 unspecified atom stereocenters. The summed E-state index contributed by atoms with van der Waals surface area (Å²) < 4.78 is 0. The molecule has 0 spiro atoms. The summed E-state index contributed by atoms with van der Waals surface area (Å²) in [5.41, 5.74) is 2.74. The highest BCUT2D eigenvalue weighted by Crippen LogP contribution is 2.23. The molecule has 0 radical (unpaired) electrons. The molecule has 0 saturated heterocycles. The van der Waals surface area contributed by atoms with Gasteiger partial charge in [0.1, 0.15) is 0 Å². The molecular weight excluding hydrogens is 292 g/mol. The van der Waals surface area contributed by atoms with E-state index in [2.05, 4.69) is 10.6 Å². The van der Waals surface area contributed by atoms with Crippen molar-refractivity contribution in [2.45, 2.75) is 45.6 Å². The molecule has 2 atom stereocenters. The number of amides is 2. The summed E-state index contributed by atoms with van der Waals surface area (Å²) in [6.07, 6.45) is 4.00. The van der Waals surface area contributed by atoms with Gasteiger partial charge < -0.3 is 15.7 Å². The Labute approximate surface area is 137 Å². The molecule has 5 heteroatoms. The van der Waals surface area contributed by atoms with Crippen LogP contribution in [0.25, 0.3) is 0 Å². The Morgan fingerprint density at radius 3 is 2.61 bits per heavy atom. The van der Waals surface area contributed by atoms with E-state index in [4.69, 9.17) is 0 Å². The van der Waals surface area contributed by atoms with E-state index in [0.717, 1.165) is 36.8 Å². The van der Waals surface area contributed by atoms with Crippen molar-refractivity contribution in [1.29, 1.82) is 0 Å². The van der Waals surface area contributed by atoms with Crippen molar-refractivity contribution in [2.75, 3.05) is 13.2 Å². The molecule has 0 aromatic heterocycles. The summed E-state index contributed by atoms with van der Waals surface area (Å²) in [6, 6.07) is 5.50. The largest absolute Gasteiger partial charge is 0.396 e. The zero-order valence-electron chi connectivity index (χ0n) is 13.9. The third kappa shape index (κ3) is 4.79. The third-order valence-electron chi connectivity index (χ3n) is 4.67. The lowest BCUT2D eigenvalue weighted by atomic mass is 9.85. The zero-order valence-corrected chi connectivity index (χ0v) is 13.9. The van der Waals surface area contributed by atoms with Crippen LogP contribution in [0.3, 0.4) is 0 Å². The first-order chi connectivity index (χ1) is 11.0. The second-order valence-corrected chi connectivity index (χ2v) is 6.38. The Bertz CT molecular complexity index is 571. The maximum absolute atomic E-state index is 12.1. The van der Waals surface area contributed by atoms with Crippen LogP contribution in [0.1, 0.15) is 47.2 Å². The molecule has 23 heavy (non-hydrogen) atoms. The first-order valence-electron chi connectivity index (χ1n) is 8.27. The number of benzene rings is 1. The van der Waals surface area contributed by atoms with Crippen molar-refractivity contribution in [3.8, 4) is 0 Å². The standard InChI is InChI=1S/C18H26N2O3/c1-12-7-8-14(9-13(12)2)18(23)19-10-17(22)20-16-6-4-3-5-15(16)11-21/h7-9,15-16,21H,3-6,10-11H2,1-2H3,(H,19,23)(H,20,22)/t15-,16-/m0/s1. The number of carbonyl (C=O) groups is 2. The molecule has 2 amide bonds. The monoisotopic (exact) mass is 318 g/mol. The molecule has 0 aliphatic heterocycles. The molecule has 5 nitrogen and oxygen atoms in total. The first-order valence-corrected chi connectivity index (χ1v) is 8.27. The number of hydrogen-bond donors (Lipinski definition) is 3. The number of aliphatic hydroxyl groups excluding tert-OH is 1. The van der Waals surface area contributed by atoms with E-state index < -0.39 is 0 Å². The number of carbonyl (C=O) groups excluding carboxylic acids is 2. The number of rotatable bonds is 5. The maximum Gasteiger partial charge on any atom is 0.251 e. The normalized spacial score (nSPS) is 20.8. The van der Waals surface area contributed by atoms with Crippen LogP contribution >= 0.6 is 0 Å². The lowest BCUT2D eigenvalue weighted by Crippen LogP contribution is -2.47. The topological polar surface area (TPSA) is 78.4 Å². The van der Waals surface area contributed by atoms with Crippen LogP contribution in [0.15, 0.2) is 18.2 Å². The van der Waals surface area contributed by atoms with Gasteiger partial charge in [0.15, 0.2) is 0 Å². The third-order valence-corrected chi connectivity index (χ3v) is 4.67. The van der Waals surface area contributed by atoms with Crippen molar-refractivity contribution in [3.05, 3.63) is 34.9 Å². The molecule has 1 fully saturated rings. The summed E-state index contributed by atoms with van der Waals surface area (Å²) in [4.78, 5) is 24.1. The van der Waals surface area contributed by atoms with Gasteiger partial charge in [0.25, 0.3) is 5.91 Å². The van der Waals surface area contributed by atoms with E-state index >= 15 is 0 Å².